The Balaban J connectivity index is 2.05. The molecule has 0 atom stereocenters. The van der Waals surface area contributed by atoms with Gasteiger partial charge < -0.3 is 19.5 Å². The van der Waals surface area contributed by atoms with Crippen LogP contribution < -0.4 is 5.32 Å². The molecule has 0 bridgehead atoms. The Labute approximate surface area is 180 Å². The van der Waals surface area contributed by atoms with Gasteiger partial charge in [-0.05, 0) is 88.1 Å². The van der Waals surface area contributed by atoms with Crippen molar-refractivity contribution in [3.63, 3.8) is 0 Å². The zero-order valence-corrected chi connectivity index (χ0v) is 19.4. The summed E-state index contributed by atoms with van der Waals surface area (Å²) in [5.74, 6) is -0.525. The third kappa shape index (κ3) is 5.82. The van der Waals surface area contributed by atoms with Crippen molar-refractivity contribution in [2.75, 3.05) is 26.9 Å². The van der Waals surface area contributed by atoms with Gasteiger partial charge in [-0.3, -0.25) is 4.79 Å². The van der Waals surface area contributed by atoms with Crippen molar-refractivity contribution in [2.24, 2.45) is 0 Å². The van der Waals surface area contributed by atoms with E-state index >= 15 is 0 Å². The summed E-state index contributed by atoms with van der Waals surface area (Å²) < 4.78 is 16.2. The van der Waals surface area contributed by atoms with E-state index in [1.165, 1.54) is 18.2 Å². The Morgan fingerprint density at radius 1 is 1.07 bits per heavy atom. The molecule has 1 saturated carbocycles. The fourth-order valence-electron chi connectivity index (χ4n) is 4.33. The van der Waals surface area contributed by atoms with Crippen LogP contribution in [0.2, 0.25) is 0 Å². The zero-order chi connectivity index (χ0) is 22.3. The third-order valence-corrected chi connectivity index (χ3v) is 6.38. The largest absolute Gasteiger partial charge is 0.467 e. The van der Waals surface area contributed by atoms with Crippen molar-refractivity contribution in [1.82, 2.24) is 5.32 Å². The van der Waals surface area contributed by atoms with Gasteiger partial charge in [-0.2, -0.15) is 0 Å². The van der Waals surface area contributed by atoms with Crippen LogP contribution in [0.3, 0.4) is 0 Å². The van der Waals surface area contributed by atoms with Gasteiger partial charge in [-0.15, -0.1) is 0 Å². The Bertz CT molecular complexity index is 750. The molecule has 0 saturated heterocycles. The Hall–Kier alpha value is -1.92. The van der Waals surface area contributed by atoms with Crippen LogP contribution in [-0.2, 0) is 30.2 Å². The lowest BCUT2D eigenvalue weighted by atomic mass is 9.80. The van der Waals surface area contributed by atoms with Gasteiger partial charge in [0.05, 0.1) is 32.8 Å². The number of carbonyl (C=O) groups is 2. The summed E-state index contributed by atoms with van der Waals surface area (Å²) in [6.45, 7) is 12.0. The van der Waals surface area contributed by atoms with Gasteiger partial charge in [-0.1, -0.05) is 6.07 Å². The fourth-order valence-corrected chi connectivity index (χ4v) is 4.33. The van der Waals surface area contributed by atoms with Crippen molar-refractivity contribution in [3.8, 4) is 0 Å². The molecule has 168 valence electrons. The molecule has 1 aliphatic carbocycles. The second-order valence-electron chi connectivity index (χ2n) is 8.30. The SMILES string of the molecule is CCOCCOC1CCC(NC(=O)Cc2c(C)cc(C)c(C)c2C)(C(=O)OC)CC1. The molecule has 1 aromatic carbocycles. The quantitative estimate of drug-likeness (QED) is 0.490. The molecule has 0 spiro atoms. The summed E-state index contributed by atoms with van der Waals surface area (Å²) in [5.41, 5.74) is 4.72. The lowest BCUT2D eigenvalue weighted by Crippen LogP contribution is -2.58. The molecular weight excluding hydrogens is 382 g/mol. The van der Waals surface area contributed by atoms with E-state index < -0.39 is 5.54 Å². The van der Waals surface area contributed by atoms with Crippen molar-refractivity contribution < 1.29 is 23.8 Å². The highest BCUT2D eigenvalue weighted by Crippen LogP contribution is 2.32. The Morgan fingerprint density at radius 3 is 2.33 bits per heavy atom. The molecule has 1 aromatic rings. The number of rotatable bonds is 9. The van der Waals surface area contributed by atoms with Crippen molar-refractivity contribution >= 4 is 11.9 Å². The van der Waals surface area contributed by atoms with Crippen LogP contribution in [-0.4, -0.2) is 50.4 Å². The lowest BCUT2D eigenvalue weighted by molar-refractivity contribution is -0.154. The standard InChI is InChI=1S/C24H37NO5/c1-7-29-12-13-30-20-8-10-24(11-9-20,23(27)28-6)25-22(26)15-21-17(3)14-16(2)18(4)19(21)5/h14,20H,7-13,15H2,1-6H3,(H,25,26). The van der Waals surface area contributed by atoms with E-state index in [0.29, 0.717) is 45.5 Å². The summed E-state index contributed by atoms with van der Waals surface area (Å²) in [7, 11) is 1.37. The molecule has 1 amide bonds. The smallest absolute Gasteiger partial charge is 0.331 e. The van der Waals surface area contributed by atoms with Crippen LogP contribution in [0.15, 0.2) is 6.07 Å². The van der Waals surface area contributed by atoms with Gasteiger partial charge in [0.2, 0.25) is 5.91 Å². The molecule has 0 aromatic heterocycles. The molecule has 0 unspecified atom stereocenters. The highest BCUT2D eigenvalue weighted by atomic mass is 16.5. The molecular formula is C24H37NO5. The Kier molecular flexibility index (Phi) is 8.86. The van der Waals surface area contributed by atoms with Gasteiger partial charge >= 0.3 is 5.97 Å². The topological polar surface area (TPSA) is 73.9 Å². The molecule has 2 rings (SSSR count). The minimum Gasteiger partial charge on any atom is -0.467 e. The van der Waals surface area contributed by atoms with Crippen LogP contribution in [0, 0.1) is 27.7 Å². The van der Waals surface area contributed by atoms with E-state index in [1.807, 2.05) is 13.8 Å². The van der Waals surface area contributed by atoms with Gasteiger partial charge in [0, 0.05) is 6.61 Å². The van der Waals surface area contributed by atoms with E-state index in [4.69, 9.17) is 14.2 Å². The maximum Gasteiger partial charge on any atom is 0.331 e. The number of methoxy groups -OCH3 is 1. The Morgan fingerprint density at radius 2 is 1.73 bits per heavy atom. The normalized spacial score (nSPS) is 21.3. The number of esters is 1. The number of nitrogens with one attached hydrogen (secondary N) is 1. The number of aryl methyl sites for hydroxylation is 2. The van der Waals surface area contributed by atoms with Crippen molar-refractivity contribution in [2.45, 2.75) is 78.4 Å². The first-order valence-electron chi connectivity index (χ1n) is 10.9. The molecule has 0 radical (unpaired) electrons. The average molecular weight is 420 g/mol. The van der Waals surface area contributed by atoms with Gasteiger partial charge in [0.25, 0.3) is 0 Å². The van der Waals surface area contributed by atoms with Crippen molar-refractivity contribution in [3.05, 3.63) is 33.9 Å². The molecule has 0 heterocycles. The number of hydrogen-bond acceptors (Lipinski definition) is 5. The minimum absolute atomic E-state index is 0.0735. The van der Waals surface area contributed by atoms with E-state index in [0.717, 1.165) is 16.7 Å². The van der Waals surface area contributed by atoms with Crippen LogP contribution >= 0.6 is 0 Å². The summed E-state index contributed by atoms with van der Waals surface area (Å²) in [4.78, 5) is 25.6. The maximum atomic E-state index is 13.0. The molecule has 6 nitrogen and oxygen atoms in total. The maximum absolute atomic E-state index is 13.0. The number of benzene rings is 1. The second-order valence-corrected chi connectivity index (χ2v) is 8.30. The first kappa shape index (κ1) is 24.4. The number of carbonyl (C=O) groups excluding carboxylic acids is 2. The van der Waals surface area contributed by atoms with Gasteiger partial charge in [0.15, 0.2) is 0 Å². The average Bonchev–Trinajstić information content (AvgIpc) is 2.73. The first-order valence-corrected chi connectivity index (χ1v) is 10.9. The predicted molar refractivity (Wildman–Crippen MR) is 117 cm³/mol. The summed E-state index contributed by atoms with van der Waals surface area (Å²) >= 11 is 0. The van der Waals surface area contributed by atoms with Gasteiger partial charge in [-0.25, -0.2) is 4.79 Å². The number of hydrogen-bond donors (Lipinski definition) is 1. The summed E-state index contributed by atoms with van der Waals surface area (Å²) in [6.07, 6.45) is 2.74. The van der Waals surface area contributed by atoms with E-state index in [-0.39, 0.29) is 24.4 Å². The van der Waals surface area contributed by atoms with E-state index in [2.05, 4.69) is 32.2 Å². The van der Waals surface area contributed by atoms with E-state index in [9.17, 15) is 9.59 Å². The monoisotopic (exact) mass is 419 g/mol. The molecule has 30 heavy (non-hydrogen) atoms. The lowest BCUT2D eigenvalue weighted by Gasteiger charge is -2.38. The fraction of sp³-hybridized carbons (Fsp3) is 0.667. The molecule has 1 N–H and O–H groups in total. The molecule has 6 heteroatoms. The van der Waals surface area contributed by atoms with E-state index in [1.54, 1.807) is 0 Å². The zero-order valence-electron chi connectivity index (χ0n) is 19.4. The van der Waals surface area contributed by atoms with Crippen LogP contribution in [0.4, 0.5) is 0 Å². The molecule has 1 aliphatic rings. The van der Waals surface area contributed by atoms with Crippen LogP contribution in [0.25, 0.3) is 0 Å². The summed E-state index contributed by atoms with van der Waals surface area (Å²) in [6, 6.07) is 2.12. The highest BCUT2D eigenvalue weighted by molar-refractivity contribution is 5.89. The minimum atomic E-state index is -0.979. The van der Waals surface area contributed by atoms with Crippen LogP contribution in [0.1, 0.15) is 60.4 Å². The molecule has 0 aliphatic heterocycles. The second kappa shape index (κ2) is 10.9. The number of amides is 1. The predicted octanol–water partition coefficient (Wildman–Crippen LogP) is 3.49. The first-order chi connectivity index (χ1) is 14.2. The summed E-state index contributed by atoms with van der Waals surface area (Å²) in [5, 5.41) is 3.02. The van der Waals surface area contributed by atoms with Crippen molar-refractivity contribution in [1.29, 1.82) is 0 Å². The van der Waals surface area contributed by atoms with Gasteiger partial charge in [0.1, 0.15) is 5.54 Å². The van der Waals surface area contributed by atoms with Crippen LogP contribution in [0.5, 0.6) is 0 Å². The molecule has 1 fully saturated rings. The highest BCUT2D eigenvalue weighted by Gasteiger charge is 2.44. The third-order valence-electron chi connectivity index (χ3n) is 6.38. The number of ether oxygens (including phenoxy) is 3.